The van der Waals surface area contributed by atoms with Gasteiger partial charge in [0.25, 0.3) is 0 Å². The third-order valence-corrected chi connectivity index (χ3v) is 5.06. The van der Waals surface area contributed by atoms with Crippen LogP contribution in [-0.4, -0.2) is 43.1 Å². The second-order valence-electron chi connectivity index (χ2n) is 6.77. The highest BCUT2D eigenvalue weighted by Gasteiger charge is 2.12. The van der Waals surface area contributed by atoms with Gasteiger partial charge in [0.1, 0.15) is 0 Å². The molecule has 0 saturated carbocycles. The lowest BCUT2D eigenvalue weighted by Gasteiger charge is -2.17. The Morgan fingerprint density at radius 1 is 0.964 bits per heavy atom. The van der Waals surface area contributed by atoms with Crippen LogP contribution in [0.15, 0.2) is 53.4 Å². The lowest BCUT2D eigenvalue weighted by molar-refractivity contribution is -0.119. The molecular formula is C22H29N3O2S. The minimum Gasteiger partial charge on any atom is -0.325 e. The average molecular weight is 400 g/mol. The summed E-state index contributed by atoms with van der Waals surface area (Å²) in [4.78, 5) is 27.2. The molecule has 0 unspecified atom stereocenters. The number of thioether (sulfide) groups is 1. The van der Waals surface area contributed by atoms with Crippen LogP contribution in [0.2, 0.25) is 0 Å². The first kappa shape index (κ1) is 22.0. The molecule has 0 aliphatic rings. The van der Waals surface area contributed by atoms with Gasteiger partial charge in [-0.1, -0.05) is 37.6 Å². The van der Waals surface area contributed by atoms with E-state index < -0.39 is 0 Å². The Bertz CT molecular complexity index is 778. The van der Waals surface area contributed by atoms with Crippen molar-refractivity contribution in [2.75, 3.05) is 37.0 Å². The molecule has 2 rings (SSSR count). The van der Waals surface area contributed by atoms with E-state index in [4.69, 9.17) is 0 Å². The Labute approximate surface area is 171 Å². The molecule has 0 aliphatic heterocycles. The van der Waals surface area contributed by atoms with Crippen LogP contribution in [0, 0.1) is 0 Å². The summed E-state index contributed by atoms with van der Waals surface area (Å²) < 4.78 is 0. The van der Waals surface area contributed by atoms with Crippen LogP contribution in [0.5, 0.6) is 0 Å². The molecule has 0 atom stereocenters. The van der Waals surface area contributed by atoms with E-state index in [1.54, 1.807) is 23.7 Å². The molecular weight excluding hydrogens is 370 g/mol. The van der Waals surface area contributed by atoms with Crippen molar-refractivity contribution in [1.82, 2.24) is 4.90 Å². The van der Waals surface area contributed by atoms with E-state index in [-0.39, 0.29) is 24.9 Å². The highest BCUT2D eigenvalue weighted by Crippen LogP contribution is 2.24. The molecule has 2 amide bonds. The summed E-state index contributed by atoms with van der Waals surface area (Å²) >= 11 is 1.58. The average Bonchev–Trinajstić information content (AvgIpc) is 2.67. The molecule has 0 fully saturated rings. The molecule has 0 radical (unpaired) electrons. The van der Waals surface area contributed by atoms with Crippen LogP contribution in [0.4, 0.5) is 11.4 Å². The van der Waals surface area contributed by atoms with Gasteiger partial charge in [0.2, 0.25) is 11.8 Å². The summed E-state index contributed by atoms with van der Waals surface area (Å²) in [7, 11) is 1.76. The number of hydrogen-bond acceptors (Lipinski definition) is 4. The van der Waals surface area contributed by atoms with Crippen molar-refractivity contribution in [3.8, 4) is 0 Å². The van der Waals surface area contributed by atoms with Gasteiger partial charge in [0, 0.05) is 10.6 Å². The highest BCUT2D eigenvalue weighted by molar-refractivity contribution is 7.98. The molecule has 6 heteroatoms. The zero-order valence-corrected chi connectivity index (χ0v) is 17.6. The lowest BCUT2D eigenvalue weighted by atomic mass is 10.1. The number of para-hydroxylation sites is 1. The van der Waals surface area contributed by atoms with Crippen LogP contribution in [-0.2, 0) is 16.0 Å². The third-order valence-electron chi connectivity index (χ3n) is 4.26. The summed E-state index contributed by atoms with van der Waals surface area (Å²) in [6, 6.07) is 15.6. The number of likely N-dealkylation sites (N-methyl/N-ethyl adjacent to an activating group) is 1. The maximum absolute atomic E-state index is 12.3. The Hall–Kier alpha value is -2.31. The monoisotopic (exact) mass is 399 g/mol. The number of hydrogen-bond donors (Lipinski definition) is 2. The van der Waals surface area contributed by atoms with Gasteiger partial charge < -0.3 is 10.6 Å². The van der Waals surface area contributed by atoms with E-state index in [0.29, 0.717) is 0 Å². The largest absolute Gasteiger partial charge is 0.325 e. The number of rotatable bonds is 10. The van der Waals surface area contributed by atoms with Crippen molar-refractivity contribution < 1.29 is 9.59 Å². The smallest absolute Gasteiger partial charge is 0.238 e. The fourth-order valence-electron chi connectivity index (χ4n) is 2.82. The van der Waals surface area contributed by atoms with Gasteiger partial charge in [-0.3, -0.25) is 14.5 Å². The molecule has 0 saturated heterocycles. The first-order chi connectivity index (χ1) is 13.5. The molecule has 0 aromatic heterocycles. The van der Waals surface area contributed by atoms with Crippen molar-refractivity contribution in [2.24, 2.45) is 0 Å². The molecule has 5 nitrogen and oxygen atoms in total. The molecule has 28 heavy (non-hydrogen) atoms. The van der Waals surface area contributed by atoms with Gasteiger partial charge in [-0.15, -0.1) is 11.8 Å². The first-order valence-electron chi connectivity index (χ1n) is 9.52. The fourth-order valence-corrected chi connectivity index (χ4v) is 3.37. The number of nitrogens with one attached hydrogen (secondary N) is 2. The maximum atomic E-state index is 12.3. The number of carbonyl (C=O) groups excluding carboxylic acids is 2. The van der Waals surface area contributed by atoms with Crippen LogP contribution in [0.1, 0.15) is 25.3 Å². The lowest BCUT2D eigenvalue weighted by Crippen LogP contribution is -2.36. The van der Waals surface area contributed by atoms with Crippen LogP contribution < -0.4 is 10.6 Å². The number of nitrogens with zero attached hydrogens (tertiary/aromatic N) is 1. The van der Waals surface area contributed by atoms with Crippen molar-refractivity contribution in [3.63, 3.8) is 0 Å². The minimum atomic E-state index is -0.142. The zero-order chi connectivity index (χ0) is 20.4. The molecule has 0 bridgehead atoms. The van der Waals surface area contributed by atoms with E-state index in [9.17, 15) is 9.59 Å². The molecule has 0 aliphatic carbocycles. The SMILES string of the molecule is CCCCc1ccc(NC(=O)CN(C)CC(=O)Nc2ccccc2SC)cc1. The van der Waals surface area contributed by atoms with E-state index in [0.717, 1.165) is 22.7 Å². The van der Waals surface area contributed by atoms with Crippen LogP contribution >= 0.6 is 11.8 Å². The normalized spacial score (nSPS) is 10.7. The summed E-state index contributed by atoms with van der Waals surface area (Å²) in [6.07, 6.45) is 5.36. The van der Waals surface area contributed by atoms with Crippen LogP contribution in [0.25, 0.3) is 0 Å². The summed E-state index contributed by atoms with van der Waals surface area (Å²) in [5.74, 6) is -0.279. The fraction of sp³-hybridized carbons (Fsp3) is 0.364. The number of amides is 2. The van der Waals surface area contributed by atoms with Crippen molar-refractivity contribution in [2.45, 2.75) is 31.1 Å². The molecule has 0 spiro atoms. The van der Waals surface area contributed by atoms with Crippen molar-refractivity contribution >= 4 is 35.0 Å². The molecule has 150 valence electrons. The van der Waals surface area contributed by atoms with Crippen molar-refractivity contribution in [1.29, 1.82) is 0 Å². The van der Waals surface area contributed by atoms with E-state index in [1.807, 2.05) is 54.8 Å². The number of benzene rings is 2. The summed E-state index contributed by atoms with van der Waals surface area (Å²) in [6.45, 7) is 2.47. The maximum Gasteiger partial charge on any atom is 0.238 e. The third kappa shape index (κ3) is 7.37. The van der Waals surface area contributed by atoms with Gasteiger partial charge in [0.15, 0.2) is 0 Å². The number of carbonyl (C=O) groups is 2. The standard InChI is InChI=1S/C22H29N3O2S/c1-4-5-8-17-11-13-18(14-12-17)23-21(26)15-25(2)16-22(27)24-19-9-6-7-10-20(19)28-3/h6-7,9-14H,4-5,8,15-16H2,1-3H3,(H,23,26)(H,24,27). The van der Waals surface area contributed by atoms with Gasteiger partial charge in [-0.25, -0.2) is 0 Å². The topological polar surface area (TPSA) is 61.4 Å². The van der Waals surface area contributed by atoms with Crippen molar-refractivity contribution in [3.05, 3.63) is 54.1 Å². The summed E-state index contributed by atoms with van der Waals surface area (Å²) in [5, 5.41) is 5.79. The number of anilines is 2. The Balaban J connectivity index is 1.79. The summed E-state index contributed by atoms with van der Waals surface area (Å²) in [5.41, 5.74) is 2.84. The minimum absolute atomic E-state index is 0.138. The van der Waals surface area contributed by atoms with Gasteiger partial charge in [-0.2, -0.15) is 0 Å². The van der Waals surface area contributed by atoms with Gasteiger partial charge in [-0.05, 0) is 56.0 Å². The zero-order valence-electron chi connectivity index (χ0n) is 16.8. The Kier molecular flexibility index (Phi) is 9.04. The quantitative estimate of drug-likeness (QED) is 0.586. The van der Waals surface area contributed by atoms with Gasteiger partial charge in [0.05, 0.1) is 18.8 Å². The Morgan fingerprint density at radius 3 is 2.25 bits per heavy atom. The van der Waals surface area contributed by atoms with Gasteiger partial charge >= 0.3 is 0 Å². The van der Waals surface area contributed by atoms with Crippen LogP contribution in [0.3, 0.4) is 0 Å². The number of aryl methyl sites for hydroxylation is 1. The Morgan fingerprint density at radius 2 is 1.61 bits per heavy atom. The molecule has 0 heterocycles. The van der Waals surface area contributed by atoms with E-state index in [2.05, 4.69) is 17.6 Å². The predicted octanol–water partition coefficient (Wildman–Crippen LogP) is 4.26. The molecule has 2 N–H and O–H groups in total. The predicted molar refractivity (Wildman–Crippen MR) is 118 cm³/mol. The second-order valence-corrected chi connectivity index (χ2v) is 7.62. The highest BCUT2D eigenvalue weighted by atomic mass is 32.2. The second kappa shape index (κ2) is 11.5. The van der Waals surface area contributed by atoms with E-state index >= 15 is 0 Å². The number of unbranched alkanes of at least 4 members (excludes halogenated alkanes) is 1. The first-order valence-corrected chi connectivity index (χ1v) is 10.7. The van der Waals surface area contributed by atoms with E-state index in [1.165, 1.54) is 18.4 Å². The molecule has 2 aromatic rings. The molecule has 2 aromatic carbocycles.